The Balaban J connectivity index is 1.72. The second kappa shape index (κ2) is 6.83. The zero-order valence-electron chi connectivity index (χ0n) is 12.8. The fraction of sp³-hybridized carbons (Fsp3) is 0.176. The standard InChI is InChI=1S/C17H16FN3OS/c1-11(12-3-7-14(18)8-4-12)23-17-19-16(20-21-17)13-5-9-15(22-2)10-6-13/h3-11H,1-2H3,(H,19,20,21)/t11-/m1/s1. The molecule has 0 radical (unpaired) electrons. The number of rotatable bonds is 5. The van der Waals surface area contributed by atoms with Crippen LogP contribution in [0.15, 0.2) is 53.7 Å². The van der Waals surface area contributed by atoms with Gasteiger partial charge in [0.1, 0.15) is 11.6 Å². The second-order valence-corrected chi connectivity index (χ2v) is 6.31. The third-order valence-electron chi connectivity index (χ3n) is 3.45. The molecule has 1 heterocycles. The lowest BCUT2D eigenvalue weighted by molar-refractivity contribution is 0.415. The number of H-pyrrole nitrogens is 1. The zero-order valence-corrected chi connectivity index (χ0v) is 13.6. The Morgan fingerprint density at radius 1 is 1.09 bits per heavy atom. The number of methoxy groups -OCH3 is 1. The Bertz CT molecular complexity index is 771. The van der Waals surface area contributed by atoms with Gasteiger partial charge in [0.15, 0.2) is 5.82 Å². The van der Waals surface area contributed by atoms with E-state index >= 15 is 0 Å². The van der Waals surface area contributed by atoms with Gasteiger partial charge in [-0.2, -0.15) is 0 Å². The highest BCUT2D eigenvalue weighted by Crippen LogP contribution is 2.33. The summed E-state index contributed by atoms with van der Waals surface area (Å²) in [5, 5.41) is 7.98. The van der Waals surface area contributed by atoms with Crippen molar-refractivity contribution in [3.8, 4) is 17.1 Å². The van der Waals surface area contributed by atoms with Gasteiger partial charge in [-0.1, -0.05) is 23.9 Å². The minimum atomic E-state index is -0.231. The smallest absolute Gasteiger partial charge is 0.209 e. The summed E-state index contributed by atoms with van der Waals surface area (Å²) < 4.78 is 18.1. The second-order valence-electron chi connectivity index (χ2n) is 5.01. The summed E-state index contributed by atoms with van der Waals surface area (Å²) in [6, 6.07) is 14.1. The monoisotopic (exact) mass is 329 g/mol. The lowest BCUT2D eigenvalue weighted by atomic mass is 10.2. The van der Waals surface area contributed by atoms with Crippen molar-refractivity contribution < 1.29 is 9.13 Å². The summed E-state index contributed by atoms with van der Waals surface area (Å²) in [6.45, 7) is 2.04. The molecule has 1 aromatic heterocycles. The molecule has 0 unspecified atom stereocenters. The first-order valence-corrected chi connectivity index (χ1v) is 8.02. The Kier molecular flexibility index (Phi) is 4.62. The van der Waals surface area contributed by atoms with Crippen molar-refractivity contribution in [2.75, 3.05) is 7.11 Å². The third-order valence-corrected chi connectivity index (χ3v) is 4.47. The predicted octanol–water partition coefficient (Wildman–Crippen LogP) is 4.47. The summed E-state index contributed by atoms with van der Waals surface area (Å²) in [4.78, 5) is 4.50. The molecule has 0 aliphatic rings. The highest BCUT2D eigenvalue weighted by Gasteiger charge is 2.12. The predicted molar refractivity (Wildman–Crippen MR) is 89.0 cm³/mol. The van der Waals surface area contributed by atoms with Crippen LogP contribution in [-0.4, -0.2) is 22.3 Å². The van der Waals surface area contributed by atoms with Gasteiger partial charge in [0.2, 0.25) is 5.16 Å². The Morgan fingerprint density at radius 3 is 2.43 bits per heavy atom. The van der Waals surface area contributed by atoms with Crippen LogP contribution in [0.5, 0.6) is 5.75 Å². The van der Waals surface area contributed by atoms with Crippen LogP contribution in [0.4, 0.5) is 4.39 Å². The molecule has 1 atom stereocenters. The summed E-state index contributed by atoms with van der Waals surface area (Å²) in [7, 11) is 1.63. The molecule has 23 heavy (non-hydrogen) atoms. The molecule has 2 aromatic carbocycles. The van der Waals surface area contributed by atoms with Crippen molar-refractivity contribution in [2.24, 2.45) is 0 Å². The molecule has 3 rings (SSSR count). The van der Waals surface area contributed by atoms with E-state index < -0.39 is 0 Å². The quantitative estimate of drug-likeness (QED) is 0.702. The topological polar surface area (TPSA) is 50.8 Å². The number of ether oxygens (including phenoxy) is 1. The number of nitrogens with zero attached hydrogens (tertiary/aromatic N) is 2. The maximum atomic E-state index is 13.0. The lowest BCUT2D eigenvalue weighted by Gasteiger charge is -2.08. The van der Waals surface area contributed by atoms with Crippen LogP contribution in [-0.2, 0) is 0 Å². The number of nitrogens with one attached hydrogen (secondary N) is 1. The van der Waals surface area contributed by atoms with E-state index in [9.17, 15) is 4.39 Å². The summed E-state index contributed by atoms with van der Waals surface area (Å²) in [5.41, 5.74) is 1.98. The number of hydrogen-bond acceptors (Lipinski definition) is 4. The van der Waals surface area contributed by atoms with Crippen molar-refractivity contribution >= 4 is 11.8 Å². The summed E-state index contributed by atoms with van der Waals surface area (Å²) in [5.74, 6) is 1.28. The number of hydrogen-bond donors (Lipinski definition) is 1. The molecule has 0 bridgehead atoms. The first-order chi connectivity index (χ1) is 11.2. The molecule has 0 amide bonds. The van der Waals surface area contributed by atoms with Gasteiger partial charge < -0.3 is 4.74 Å². The molecular weight excluding hydrogens is 313 g/mol. The van der Waals surface area contributed by atoms with Crippen molar-refractivity contribution in [3.63, 3.8) is 0 Å². The van der Waals surface area contributed by atoms with Crippen molar-refractivity contribution in [2.45, 2.75) is 17.3 Å². The van der Waals surface area contributed by atoms with Crippen LogP contribution >= 0.6 is 11.8 Å². The van der Waals surface area contributed by atoms with Crippen molar-refractivity contribution in [1.29, 1.82) is 0 Å². The SMILES string of the molecule is COc1ccc(-c2nc(S[C@H](C)c3ccc(F)cc3)n[nH]2)cc1. The van der Waals surface area contributed by atoms with E-state index in [2.05, 4.69) is 15.2 Å². The normalized spacial score (nSPS) is 12.1. The first kappa shape index (κ1) is 15.6. The minimum Gasteiger partial charge on any atom is -0.497 e. The van der Waals surface area contributed by atoms with Gasteiger partial charge in [-0.05, 0) is 48.9 Å². The Hall–Kier alpha value is -2.34. The Morgan fingerprint density at radius 2 is 1.78 bits per heavy atom. The van der Waals surface area contributed by atoms with Crippen LogP contribution in [0.25, 0.3) is 11.4 Å². The number of aromatic amines is 1. The molecule has 0 aliphatic carbocycles. The fourth-order valence-electron chi connectivity index (χ4n) is 2.14. The van der Waals surface area contributed by atoms with Gasteiger partial charge in [-0.15, -0.1) is 5.10 Å². The van der Waals surface area contributed by atoms with Crippen LogP contribution in [0.3, 0.4) is 0 Å². The largest absolute Gasteiger partial charge is 0.497 e. The van der Waals surface area contributed by atoms with E-state index in [4.69, 9.17) is 4.74 Å². The molecule has 3 aromatic rings. The van der Waals surface area contributed by atoms with Crippen molar-refractivity contribution in [3.05, 3.63) is 59.9 Å². The van der Waals surface area contributed by atoms with E-state index in [1.165, 1.54) is 23.9 Å². The average Bonchev–Trinajstić information content (AvgIpc) is 3.04. The Labute approximate surface area is 138 Å². The first-order valence-electron chi connectivity index (χ1n) is 7.14. The summed E-state index contributed by atoms with van der Waals surface area (Å²) in [6.07, 6.45) is 0. The molecule has 1 N–H and O–H groups in total. The van der Waals surface area contributed by atoms with Gasteiger partial charge in [0.05, 0.1) is 7.11 Å². The van der Waals surface area contributed by atoms with Gasteiger partial charge in [-0.25, -0.2) is 9.37 Å². The molecule has 0 saturated carbocycles. The number of aromatic nitrogens is 3. The van der Waals surface area contributed by atoms with E-state index in [-0.39, 0.29) is 11.1 Å². The van der Waals surface area contributed by atoms with Crippen LogP contribution in [0.1, 0.15) is 17.7 Å². The van der Waals surface area contributed by atoms with Crippen LogP contribution in [0.2, 0.25) is 0 Å². The molecule has 0 aliphatic heterocycles. The van der Waals surface area contributed by atoms with E-state index in [0.717, 1.165) is 16.9 Å². The van der Waals surface area contributed by atoms with E-state index in [0.29, 0.717) is 11.0 Å². The van der Waals surface area contributed by atoms with Crippen molar-refractivity contribution in [1.82, 2.24) is 15.2 Å². The molecule has 0 fully saturated rings. The molecule has 6 heteroatoms. The maximum Gasteiger partial charge on any atom is 0.209 e. The fourth-order valence-corrected chi connectivity index (χ4v) is 2.99. The molecule has 118 valence electrons. The minimum absolute atomic E-state index is 0.134. The van der Waals surface area contributed by atoms with E-state index in [1.807, 2.05) is 31.2 Å². The number of thioether (sulfide) groups is 1. The molecule has 4 nitrogen and oxygen atoms in total. The molecule has 0 saturated heterocycles. The highest BCUT2D eigenvalue weighted by atomic mass is 32.2. The third kappa shape index (κ3) is 3.71. The molecule has 0 spiro atoms. The summed E-state index contributed by atoms with van der Waals surface area (Å²) >= 11 is 1.53. The van der Waals surface area contributed by atoms with Gasteiger partial charge in [-0.3, -0.25) is 5.10 Å². The van der Waals surface area contributed by atoms with Gasteiger partial charge >= 0.3 is 0 Å². The van der Waals surface area contributed by atoms with Crippen LogP contribution in [0, 0.1) is 5.82 Å². The lowest BCUT2D eigenvalue weighted by Crippen LogP contribution is -1.89. The van der Waals surface area contributed by atoms with Gasteiger partial charge in [0.25, 0.3) is 0 Å². The highest BCUT2D eigenvalue weighted by molar-refractivity contribution is 7.99. The van der Waals surface area contributed by atoms with Gasteiger partial charge in [0, 0.05) is 10.8 Å². The number of halogens is 1. The van der Waals surface area contributed by atoms with E-state index in [1.54, 1.807) is 19.2 Å². The van der Waals surface area contributed by atoms with Crippen LogP contribution < -0.4 is 4.74 Å². The number of benzene rings is 2. The maximum absolute atomic E-state index is 13.0. The zero-order chi connectivity index (χ0) is 16.2. The average molecular weight is 329 g/mol. The molecular formula is C17H16FN3OS.